The van der Waals surface area contributed by atoms with Gasteiger partial charge in [-0.15, -0.1) is 0 Å². The molecule has 0 aliphatic carbocycles. The summed E-state index contributed by atoms with van der Waals surface area (Å²) < 4.78 is 0. The van der Waals surface area contributed by atoms with Gasteiger partial charge in [0.15, 0.2) is 5.65 Å². The van der Waals surface area contributed by atoms with E-state index in [0.717, 1.165) is 22.2 Å². The van der Waals surface area contributed by atoms with Crippen molar-refractivity contribution in [2.45, 2.75) is 0 Å². The molecule has 3 aromatic heterocycles. The van der Waals surface area contributed by atoms with Gasteiger partial charge in [0.1, 0.15) is 0 Å². The lowest BCUT2D eigenvalue weighted by Gasteiger charge is -2.00. The van der Waals surface area contributed by atoms with Gasteiger partial charge in [-0.05, 0) is 17.7 Å². The van der Waals surface area contributed by atoms with Gasteiger partial charge < -0.3 is 0 Å². The number of pyridine rings is 2. The summed E-state index contributed by atoms with van der Waals surface area (Å²) in [6.07, 6.45) is 7.15. The zero-order valence-corrected chi connectivity index (χ0v) is 7.88. The molecule has 0 spiro atoms. The summed E-state index contributed by atoms with van der Waals surface area (Å²) in [6.45, 7) is 0. The molecular weight excluding hydrogens is 188 g/mol. The number of aromatic amines is 1. The van der Waals surface area contributed by atoms with Crippen LogP contribution in [-0.2, 0) is 0 Å². The fourth-order valence-electron chi connectivity index (χ4n) is 1.62. The van der Waals surface area contributed by atoms with Crippen molar-refractivity contribution >= 4 is 11.0 Å². The van der Waals surface area contributed by atoms with Crippen molar-refractivity contribution < 1.29 is 0 Å². The van der Waals surface area contributed by atoms with Gasteiger partial charge in [-0.2, -0.15) is 5.10 Å². The van der Waals surface area contributed by atoms with Crippen LogP contribution in [0.3, 0.4) is 0 Å². The summed E-state index contributed by atoms with van der Waals surface area (Å²) in [5.74, 6) is 0. The minimum atomic E-state index is 0.802. The molecule has 72 valence electrons. The van der Waals surface area contributed by atoms with Crippen molar-refractivity contribution in [3.05, 3.63) is 43.0 Å². The molecule has 3 rings (SSSR count). The van der Waals surface area contributed by atoms with Crippen LogP contribution in [0.1, 0.15) is 0 Å². The maximum Gasteiger partial charge on any atom is 0.155 e. The van der Waals surface area contributed by atoms with E-state index >= 15 is 0 Å². The quantitative estimate of drug-likeness (QED) is 0.647. The van der Waals surface area contributed by atoms with Gasteiger partial charge in [0, 0.05) is 29.5 Å². The lowest BCUT2D eigenvalue weighted by molar-refractivity contribution is 1.10. The van der Waals surface area contributed by atoms with Crippen molar-refractivity contribution in [2.75, 3.05) is 0 Å². The van der Waals surface area contributed by atoms with Crippen LogP contribution in [0.2, 0.25) is 0 Å². The summed E-state index contributed by atoms with van der Waals surface area (Å²) >= 11 is 0. The molecule has 0 unspecified atom stereocenters. The first-order valence-corrected chi connectivity index (χ1v) is 4.63. The van der Waals surface area contributed by atoms with Crippen LogP contribution in [0.5, 0.6) is 0 Å². The van der Waals surface area contributed by atoms with Gasteiger partial charge >= 0.3 is 0 Å². The number of rotatable bonds is 1. The monoisotopic (exact) mass is 196 g/mol. The molecule has 0 aliphatic rings. The summed E-state index contributed by atoms with van der Waals surface area (Å²) in [5, 5.41) is 7.85. The molecule has 1 N–H and O–H groups in total. The maximum absolute atomic E-state index is 4.19. The smallest absolute Gasteiger partial charge is 0.155 e. The molecule has 4 heteroatoms. The molecule has 0 bridgehead atoms. The predicted octanol–water partition coefficient (Wildman–Crippen LogP) is 2.02. The Morgan fingerprint density at radius 2 is 2.07 bits per heavy atom. The minimum Gasteiger partial charge on any atom is -0.264 e. The number of fused-ring (bicyclic) bond motifs is 1. The van der Waals surface area contributed by atoms with E-state index in [1.807, 2.05) is 24.4 Å². The highest BCUT2D eigenvalue weighted by atomic mass is 15.1. The molecule has 4 nitrogen and oxygen atoms in total. The first kappa shape index (κ1) is 8.11. The number of nitrogens with zero attached hydrogens (tertiary/aromatic N) is 3. The second-order valence-corrected chi connectivity index (χ2v) is 3.23. The Morgan fingerprint density at radius 3 is 2.93 bits per heavy atom. The standard InChI is InChI=1S/C11H8N4/c1-2-8(6-12-4-1)9-3-5-13-11-10(9)7-14-15-11/h1-7H,(H,13,14,15). The van der Waals surface area contributed by atoms with Gasteiger partial charge in [-0.1, -0.05) is 6.07 Å². The molecule has 15 heavy (non-hydrogen) atoms. The van der Waals surface area contributed by atoms with Crippen LogP contribution in [0.4, 0.5) is 0 Å². The van der Waals surface area contributed by atoms with E-state index in [9.17, 15) is 0 Å². The number of aromatic nitrogens is 4. The zero-order valence-electron chi connectivity index (χ0n) is 7.88. The largest absolute Gasteiger partial charge is 0.264 e. The Labute approximate surface area is 86.0 Å². The maximum atomic E-state index is 4.19. The molecule has 0 saturated heterocycles. The first-order valence-electron chi connectivity index (χ1n) is 4.63. The highest BCUT2D eigenvalue weighted by Crippen LogP contribution is 2.24. The molecule has 3 aromatic rings. The topological polar surface area (TPSA) is 54.5 Å². The van der Waals surface area contributed by atoms with Gasteiger partial charge in [0.05, 0.1) is 6.20 Å². The fourth-order valence-corrected chi connectivity index (χ4v) is 1.62. The lowest BCUT2D eigenvalue weighted by Crippen LogP contribution is -1.82. The van der Waals surface area contributed by atoms with Crippen molar-refractivity contribution in [1.82, 2.24) is 20.2 Å². The minimum absolute atomic E-state index is 0.802. The molecule has 0 amide bonds. The van der Waals surface area contributed by atoms with Crippen LogP contribution in [0, 0.1) is 0 Å². The highest BCUT2D eigenvalue weighted by Gasteiger charge is 2.04. The molecule has 0 fully saturated rings. The third kappa shape index (κ3) is 1.27. The van der Waals surface area contributed by atoms with Crippen molar-refractivity contribution in [1.29, 1.82) is 0 Å². The van der Waals surface area contributed by atoms with Crippen molar-refractivity contribution in [3.63, 3.8) is 0 Å². The van der Waals surface area contributed by atoms with Crippen LogP contribution >= 0.6 is 0 Å². The predicted molar refractivity (Wildman–Crippen MR) is 57.1 cm³/mol. The van der Waals surface area contributed by atoms with Crippen LogP contribution in [0.25, 0.3) is 22.2 Å². The van der Waals surface area contributed by atoms with Crippen LogP contribution < -0.4 is 0 Å². The first-order chi connectivity index (χ1) is 7.45. The molecular formula is C11H8N4. The second kappa shape index (κ2) is 3.16. The Morgan fingerprint density at radius 1 is 1.07 bits per heavy atom. The number of hydrogen-bond donors (Lipinski definition) is 1. The highest BCUT2D eigenvalue weighted by molar-refractivity contribution is 5.91. The summed E-state index contributed by atoms with van der Waals surface area (Å²) in [7, 11) is 0. The Bertz CT molecular complexity index is 586. The van der Waals surface area contributed by atoms with E-state index in [0.29, 0.717) is 0 Å². The molecule has 3 heterocycles. The van der Waals surface area contributed by atoms with E-state index in [1.165, 1.54) is 0 Å². The van der Waals surface area contributed by atoms with Gasteiger partial charge in [0.2, 0.25) is 0 Å². The third-order valence-electron chi connectivity index (χ3n) is 2.33. The van der Waals surface area contributed by atoms with E-state index in [4.69, 9.17) is 0 Å². The van der Waals surface area contributed by atoms with E-state index in [-0.39, 0.29) is 0 Å². The van der Waals surface area contributed by atoms with E-state index in [2.05, 4.69) is 20.2 Å². The summed E-state index contributed by atoms with van der Waals surface area (Å²) in [5.41, 5.74) is 2.98. The Kier molecular flexibility index (Phi) is 1.71. The Balaban J connectivity index is 2.31. The molecule has 0 radical (unpaired) electrons. The van der Waals surface area contributed by atoms with E-state index < -0.39 is 0 Å². The molecule has 0 atom stereocenters. The van der Waals surface area contributed by atoms with Gasteiger partial charge in [-0.25, -0.2) is 4.98 Å². The SMILES string of the molecule is c1cncc(-c2ccnc3[nH]ncc23)c1. The zero-order chi connectivity index (χ0) is 10.1. The van der Waals surface area contributed by atoms with Gasteiger partial charge in [0.25, 0.3) is 0 Å². The average Bonchev–Trinajstić information content (AvgIpc) is 2.78. The normalized spacial score (nSPS) is 10.7. The van der Waals surface area contributed by atoms with Crippen molar-refractivity contribution in [3.8, 4) is 11.1 Å². The molecule has 0 aromatic carbocycles. The van der Waals surface area contributed by atoms with E-state index in [1.54, 1.807) is 18.6 Å². The average molecular weight is 196 g/mol. The van der Waals surface area contributed by atoms with Crippen LogP contribution in [-0.4, -0.2) is 20.2 Å². The van der Waals surface area contributed by atoms with Crippen molar-refractivity contribution in [2.24, 2.45) is 0 Å². The fraction of sp³-hybridized carbons (Fsp3) is 0. The summed E-state index contributed by atoms with van der Waals surface area (Å²) in [4.78, 5) is 8.29. The van der Waals surface area contributed by atoms with Crippen LogP contribution in [0.15, 0.2) is 43.0 Å². The van der Waals surface area contributed by atoms with Gasteiger partial charge in [-0.3, -0.25) is 10.1 Å². The number of hydrogen-bond acceptors (Lipinski definition) is 3. The summed E-state index contributed by atoms with van der Waals surface area (Å²) in [6, 6.07) is 5.91. The Hall–Kier alpha value is -2.23. The molecule has 0 aliphatic heterocycles. The third-order valence-corrected chi connectivity index (χ3v) is 2.33. The number of H-pyrrole nitrogens is 1. The number of nitrogens with one attached hydrogen (secondary N) is 1. The molecule has 0 saturated carbocycles. The second-order valence-electron chi connectivity index (χ2n) is 3.23. The lowest BCUT2D eigenvalue weighted by atomic mass is 10.1.